The van der Waals surface area contributed by atoms with Crippen molar-refractivity contribution in [2.75, 3.05) is 0 Å². The van der Waals surface area contributed by atoms with Crippen molar-refractivity contribution >= 4 is 5.78 Å². The van der Waals surface area contributed by atoms with Crippen LogP contribution in [0.25, 0.3) is 0 Å². The molecular formula is C14H22O3. The summed E-state index contributed by atoms with van der Waals surface area (Å²) >= 11 is 0. The summed E-state index contributed by atoms with van der Waals surface area (Å²) in [6, 6.07) is 0. The van der Waals surface area contributed by atoms with Crippen LogP contribution in [0, 0.1) is 11.3 Å². The molecule has 3 rings (SSSR count). The minimum absolute atomic E-state index is 0.0275. The maximum atomic E-state index is 12.5. The Hall–Kier alpha value is -0.410. The van der Waals surface area contributed by atoms with Crippen LogP contribution in [0.5, 0.6) is 0 Å². The summed E-state index contributed by atoms with van der Waals surface area (Å²) < 4.78 is 6.17. The summed E-state index contributed by atoms with van der Waals surface area (Å²) in [6.45, 7) is 4.33. The predicted molar refractivity (Wildman–Crippen MR) is 63.6 cm³/mol. The van der Waals surface area contributed by atoms with Gasteiger partial charge in [-0.25, -0.2) is 0 Å². The Kier molecular flexibility index (Phi) is 2.43. The molecule has 1 spiro atoms. The number of Topliss-reactive ketones (excluding diaryl/α,β-unsaturated/α-hetero) is 1. The Labute approximate surface area is 103 Å². The lowest BCUT2D eigenvalue weighted by atomic mass is 9.57. The SMILES string of the molecule is CC[C@H]1CCC[C@@]2(C)C[C@@H]3C[C@@H](O)C(=O)[C@]12O3. The van der Waals surface area contributed by atoms with E-state index in [0.717, 1.165) is 25.7 Å². The molecule has 3 heteroatoms. The lowest BCUT2D eigenvalue weighted by Crippen LogP contribution is -2.62. The molecule has 2 saturated heterocycles. The maximum Gasteiger partial charge on any atom is 0.193 e. The van der Waals surface area contributed by atoms with E-state index in [1.165, 1.54) is 6.42 Å². The normalized spacial score (nSPS) is 53.6. The molecule has 3 aliphatic rings. The van der Waals surface area contributed by atoms with Gasteiger partial charge in [-0.1, -0.05) is 26.7 Å². The second-order valence-electron chi connectivity index (χ2n) is 6.35. The van der Waals surface area contributed by atoms with Gasteiger partial charge < -0.3 is 9.84 Å². The number of ether oxygens (including phenoxy) is 1. The standard InChI is InChI=1S/C14H22O3/c1-3-9-5-4-6-13(2)8-10-7-11(15)12(16)14(9,13)17-10/h9-11,15H,3-8H2,1-2H3/t9-,10-,11+,13-,14+/m0/s1. The van der Waals surface area contributed by atoms with Crippen LogP contribution in [0.3, 0.4) is 0 Å². The predicted octanol–water partition coefficient (Wildman–Crippen LogP) is 2.06. The van der Waals surface area contributed by atoms with Crippen molar-refractivity contribution in [3.8, 4) is 0 Å². The van der Waals surface area contributed by atoms with Crippen LogP contribution in [0.2, 0.25) is 0 Å². The minimum Gasteiger partial charge on any atom is -0.385 e. The van der Waals surface area contributed by atoms with E-state index in [0.29, 0.717) is 12.3 Å². The molecule has 2 bridgehead atoms. The molecule has 1 saturated carbocycles. The summed E-state index contributed by atoms with van der Waals surface area (Å²) in [6.07, 6.45) is 5.06. The van der Waals surface area contributed by atoms with Crippen molar-refractivity contribution < 1.29 is 14.6 Å². The molecule has 17 heavy (non-hydrogen) atoms. The second-order valence-corrected chi connectivity index (χ2v) is 6.35. The summed E-state index contributed by atoms with van der Waals surface area (Å²) in [5, 5.41) is 9.99. The fourth-order valence-electron chi connectivity index (χ4n) is 4.70. The van der Waals surface area contributed by atoms with Crippen LogP contribution in [-0.2, 0) is 9.53 Å². The molecule has 0 aromatic heterocycles. The molecule has 3 nitrogen and oxygen atoms in total. The first-order chi connectivity index (χ1) is 8.03. The summed E-state index contributed by atoms with van der Waals surface area (Å²) in [5.74, 6) is 0.272. The molecule has 96 valence electrons. The van der Waals surface area contributed by atoms with Crippen molar-refractivity contribution in [2.45, 2.75) is 70.2 Å². The van der Waals surface area contributed by atoms with Gasteiger partial charge in [-0.05, 0) is 25.2 Å². The third kappa shape index (κ3) is 1.27. The number of aliphatic hydroxyl groups is 1. The summed E-state index contributed by atoms with van der Waals surface area (Å²) in [5.41, 5.74) is -0.701. The van der Waals surface area contributed by atoms with Gasteiger partial charge in [0.15, 0.2) is 5.78 Å². The van der Waals surface area contributed by atoms with Crippen molar-refractivity contribution in [3.05, 3.63) is 0 Å². The van der Waals surface area contributed by atoms with Crippen LogP contribution in [-0.4, -0.2) is 28.7 Å². The maximum absolute atomic E-state index is 12.5. The molecule has 0 unspecified atom stereocenters. The lowest BCUT2D eigenvalue weighted by molar-refractivity contribution is -0.195. The molecule has 0 amide bonds. The van der Waals surface area contributed by atoms with E-state index < -0.39 is 11.7 Å². The van der Waals surface area contributed by atoms with Crippen LogP contribution in [0.15, 0.2) is 0 Å². The third-order valence-corrected chi connectivity index (χ3v) is 5.43. The van der Waals surface area contributed by atoms with Gasteiger partial charge in [0.2, 0.25) is 0 Å². The van der Waals surface area contributed by atoms with Gasteiger partial charge in [0.1, 0.15) is 11.7 Å². The molecule has 1 aliphatic carbocycles. The van der Waals surface area contributed by atoms with Gasteiger partial charge in [0, 0.05) is 11.8 Å². The summed E-state index contributed by atoms with van der Waals surface area (Å²) in [7, 11) is 0. The number of hydrogen-bond acceptors (Lipinski definition) is 3. The van der Waals surface area contributed by atoms with Gasteiger partial charge in [-0.3, -0.25) is 4.79 Å². The molecule has 2 heterocycles. The zero-order chi connectivity index (χ0) is 12.3. The monoisotopic (exact) mass is 238 g/mol. The van der Waals surface area contributed by atoms with Crippen molar-refractivity contribution in [3.63, 3.8) is 0 Å². The van der Waals surface area contributed by atoms with E-state index in [2.05, 4.69) is 13.8 Å². The molecule has 0 aromatic rings. The van der Waals surface area contributed by atoms with Crippen LogP contribution < -0.4 is 0 Å². The first-order valence-corrected chi connectivity index (χ1v) is 6.93. The highest BCUT2D eigenvalue weighted by Gasteiger charge is 2.68. The van der Waals surface area contributed by atoms with Crippen LogP contribution in [0.4, 0.5) is 0 Å². The van der Waals surface area contributed by atoms with Gasteiger partial charge in [-0.2, -0.15) is 0 Å². The van der Waals surface area contributed by atoms with Crippen molar-refractivity contribution in [2.24, 2.45) is 11.3 Å². The second kappa shape index (κ2) is 3.55. The van der Waals surface area contributed by atoms with E-state index in [-0.39, 0.29) is 17.3 Å². The first-order valence-electron chi connectivity index (χ1n) is 6.93. The number of ketones is 1. The summed E-state index contributed by atoms with van der Waals surface area (Å²) in [4.78, 5) is 12.5. The highest BCUT2D eigenvalue weighted by Crippen LogP contribution is 2.61. The van der Waals surface area contributed by atoms with Crippen molar-refractivity contribution in [1.82, 2.24) is 0 Å². The zero-order valence-electron chi connectivity index (χ0n) is 10.7. The molecule has 5 atom stereocenters. The molecule has 2 aliphatic heterocycles. The number of fused-ring (bicyclic) bond motifs is 1. The molecule has 3 fully saturated rings. The first kappa shape index (κ1) is 11.7. The largest absolute Gasteiger partial charge is 0.385 e. The molecular weight excluding hydrogens is 216 g/mol. The van der Waals surface area contributed by atoms with Crippen LogP contribution in [0.1, 0.15) is 52.4 Å². The topological polar surface area (TPSA) is 46.5 Å². The third-order valence-electron chi connectivity index (χ3n) is 5.43. The average molecular weight is 238 g/mol. The highest BCUT2D eigenvalue weighted by molar-refractivity contribution is 5.94. The van der Waals surface area contributed by atoms with E-state index >= 15 is 0 Å². The molecule has 0 radical (unpaired) electrons. The van der Waals surface area contributed by atoms with E-state index in [4.69, 9.17) is 4.74 Å². The number of carbonyl (C=O) groups is 1. The number of hydrogen-bond donors (Lipinski definition) is 1. The molecule has 1 N–H and O–H groups in total. The number of aliphatic hydroxyl groups excluding tert-OH is 1. The van der Waals surface area contributed by atoms with Gasteiger partial charge >= 0.3 is 0 Å². The Balaban J connectivity index is 2.09. The van der Waals surface area contributed by atoms with Gasteiger partial charge in [0.05, 0.1) is 6.10 Å². The number of rotatable bonds is 1. The fourth-order valence-corrected chi connectivity index (χ4v) is 4.70. The highest BCUT2D eigenvalue weighted by atomic mass is 16.5. The fraction of sp³-hybridized carbons (Fsp3) is 0.929. The van der Waals surface area contributed by atoms with Gasteiger partial charge in [-0.15, -0.1) is 0 Å². The van der Waals surface area contributed by atoms with E-state index in [1.54, 1.807) is 0 Å². The smallest absolute Gasteiger partial charge is 0.193 e. The van der Waals surface area contributed by atoms with Crippen LogP contribution >= 0.6 is 0 Å². The Bertz CT molecular complexity index is 353. The quantitative estimate of drug-likeness (QED) is 0.760. The van der Waals surface area contributed by atoms with Crippen molar-refractivity contribution in [1.29, 1.82) is 0 Å². The van der Waals surface area contributed by atoms with Gasteiger partial charge in [0.25, 0.3) is 0 Å². The Morgan fingerprint density at radius 1 is 1.53 bits per heavy atom. The number of carbonyl (C=O) groups excluding carboxylic acids is 1. The average Bonchev–Trinajstić information content (AvgIpc) is 2.55. The lowest BCUT2D eigenvalue weighted by Gasteiger charge is -2.51. The molecule has 0 aromatic carbocycles. The zero-order valence-corrected chi connectivity index (χ0v) is 10.7. The van der Waals surface area contributed by atoms with E-state index in [9.17, 15) is 9.90 Å². The Morgan fingerprint density at radius 2 is 2.29 bits per heavy atom. The minimum atomic E-state index is -0.789. The van der Waals surface area contributed by atoms with E-state index in [1.807, 2.05) is 0 Å². The Morgan fingerprint density at radius 3 is 3.00 bits per heavy atom.